The highest BCUT2D eigenvalue weighted by Crippen LogP contribution is 2.30. The van der Waals surface area contributed by atoms with Gasteiger partial charge >= 0.3 is 0 Å². The molecule has 3 rings (SSSR count). The predicted molar refractivity (Wildman–Crippen MR) is 75.9 cm³/mol. The van der Waals surface area contributed by atoms with Gasteiger partial charge in [0.1, 0.15) is 5.82 Å². The molecule has 20 heavy (non-hydrogen) atoms. The van der Waals surface area contributed by atoms with E-state index in [0.29, 0.717) is 5.56 Å². The lowest BCUT2D eigenvalue weighted by molar-refractivity contribution is 0.0631. The Kier molecular flexibility index (Phi) is 3.61. The zero-order valence-electron chi connectivity index (χ0n) is 11.5. The zero-order chi connectivity index (χ0) is 14.1. The van der Waals surface area contributed by atoms with Crippen molar-refractivity contribution in [1.29, 1.82) is 0 Å². The normalized spacial score (nSPS) is 20.1. The Labute approximate surface area is 118 Å². The molecule has 1 saturated carbocycles. The first kappa shape index (κ1) is 13.4. The van der Waals surface area contributed by atoms with Crippen LogP contribution in [0.25, 0.3) is 0 Å². The third-order valence-electron chi connectivity index (χ3n) is 4.12. The molecule has 1 aromatic rings. The summed E-state index contributed by atoms with van der Waals surface area (Å²) in [6, 6.07) is 4.28. The highest BCUT2D eigenvalue weighted by atomic mass is 19.1. The van der Waals surface area contributed by atoms with Crippen LogP contribution in [0.2, 0.25) is 0 Å². The van der Waals surface area contributed by atoms with Gasteiger partial charge in [0.2, 0.25) is 0 Å². The van der Waals surface area contributed by atoms with Crippen LogP contribution in [-0.2, 0) is 0 Å². The average molecular weight is 277 g/mol. The summed E-state index contributed by atoms with van der Waals surface area (Å²) < 4.78 is 13.4. The summed E-state index contributed by atoms with van der Waals surface area (Å²) in [7, 11) is 0. The number of piperazine rings is 1. The van der Waals surface area contributed by atoms with Gasteiger partial charge in [-0.2, -0.15) is 0 Å². The van der Waals surface area contributed by atoms with Crippen LogP contribution in [0.1, 0.15) is 23.2 Å². The first-order chi connectivity index (χ1) is 9.63. The second-order valence-corrected chi connectivity index (χ2v) is 5.77. The number of carbonyl (C=O) groups is 1. The van der Waals surface area contributed by atoms with Crippen molar-refractivity contribution >= 4 is 11.6 Å². The van der Waals surface area contributed by atoms with Gasteiger partial charge < -0.3 is 10.6 Å². The summed E-state index contributed by atoms with van der Waals surface area (Å²) >= 11 is 0. The number of nitrogen functional groups attached to an aromatic ring is 1. The van der Waals surface area contributed by atoms with Crippen molar-refractivity contribution in [3.63, 3.8) is 0 Å². The molecule has 1 aliphatic carbocycles. The van der Waals surface area contributed by atoms with Crippen molar-refractivity contribution < 1.29 is 9.18 Å². The van der Waals surface area contributed by atoms with Crippen molar-refractivity contribution in [1.82, 2.24) is 9.80 Å². The van der Waals surface area contributed by atoms with Crippen molar-refractivity contribution in [2.75, 3.05) is 38.5 Å². The van der Waals surface area contributed by atoms with E-state index in [1.165, 1.54) is 31.5 Å². The molecule has 0 unspecified atom stereocenters. The Bertz CT molecular complexity index is 508. The zero-order valence-corrected chi connectivity index (χ0v) is 11.5. The minimum atomic E-state index is -0.525. The number of hydrogen-bond donors (Lipinski definition) is 1. The third-order valence-corrected chi connectivity index (χ3v) is 4.12. The molecule has 2 aliphatic rings. The molecule has 0 spiro atoms. The highest BCUT2D eigenvalue weighted by Gasteiger charge is 2.28. The van der Waals surface area contributed by atoms with Crippen LogP contribution in [0.15, 0.2) is 18.2 Å². The number of amides is 1. The lowest BCUT2D eigenvalue weighted by atomic mass is 10.1. The largest absolute Gasteiger partial charge is 0.396 e. The number of benzene rings is 1. The summed E-state index contributed by atoms with van der Waals surface area (Å²) in [5.41, 5.74) is 5.89. The maximum absolute atomic E-state index is 13.4. The van der Waals surface area contributed by atoms with Gasteiger partial charge in [0.15, 0.2) is 0 Å². The van der Waals surface area contributed by atoms with Gasteiger partial charge in [-0.05, 0) is 37.0 Å². The standard InChI is InChI=1S/C15H20FN3O/c16-13-9-12(3-4-14(13)17)15(20)19-7-5-18(6-8-19)10-11-1-2-11/h3-4,9,11H,1-2,5-8,10,17H2. The molecular weight excluding hydrogens is 257 g/mol. The van der Waals surface area contributed by atoms with Crippen LogP contribution >= 0.6 is 0 Å². The Hall–Kier alpha value is -1.62. The molecule has 0 radical (unpaired) electrons. The van der Waals surface area contributed by atoms with E-state index in [0.717, 1.165) is 32.1 Å². The van der Waals surface area contributed by atoms with E-state index in [-0.39, 0.29) is 11.6 Å². The Morgan fingerprint density at radius 3 is 2.55 bits per heavy atom. The quantitative estimate of drug-likeness (QED) is 0.853. The SMILES string of the molecule is Nc1ccc(C(=O)N2CCN(CC3CC3)CC2)cc1F. The summed E-state index contributed by atoms with van der Waals surface area (Å²) in [5, 5.41) is 0. The van der Waals surface area contributed by atoms with Gasteiger partial charge in [-0.15, -0.1) is 0 Å². The molecule has 1 heterocycles. The first-order valence-electron chi connectivity index (χ1n) is 7.20. The molecule has 4 nitrogen and oxygen atoms in total. The Morgan fingerprint density at radius 1 is 1.25 bits per heavy atom. The van der Waals surface area contributed by atoms with Crippen LogP contribution in [0.4, 0.5) is 10.1 Å². The van der Waals surface area contributed by atoms with Crippen LogP contribution in [0, 0.1) is 11.7 Å². The second kappa shape index (κ2) is 5.40. The van der Waals surface area contributed by atoms with Crippen molar-refractivity contribution in [3.8, 4) is 0 Å². The molecule has 2 N–H and O–H groups in total. The third kappa shape index (κ3) is 2.93. The van der Waals surface area contributed by atoms with Gasteiger partial charge in [-0.1, -0.05) is 0 Å². The van der Waals surface area contributed by atoms with Crippen LogP contribution in [-0.4, -0.2) is 48.4 Å². The molecule has 0 aromatic heterocycles. The predicted octanol–water partition coefficient (Wildman–Crippen LogP) is 1.58. The van der Waals surface area contributed by atoms with Gasteiger partial charge in [0.25, 0.3) is 5.91 Å². The van der Waals surface area contributed by atoms with Gasteiger partial charge in [0, 0.05) is 38.3 Å². The average Bonchev–Trinajstić information content (AvgIpc) is 3.26. The van der Waals surface area contributed by atoms with Gasteiger partial charge in [0.05, 0.1) is 5.69 Å². The molecule has 0 atom stereocenters. The number of halogens is 1. The fourth-order valence-corrected chi connectivity index (χ4v) is 2.64. The summed E-state index contributed by atoms with van der Waals surface area (Å²) in [5.74, 6) is 0.252. The molecule has 1 saturated heterocycles. The maximum Gasteiger partial charge on any atom is 0.254 e. The van der Waals surface area contributed by atoms with Crippen molar-refractivity contribution in [3.05, 3.63) is 29.6 Å². The number of carbonyl (C=O) groups excluding carboxylic acids is 1. The van der Waals surface area contributed by atoms with E-state index < -0.39 is 5.82 Å². The summed E-state index contributed by atoms with van der Waals surface area (Å²) in [6.45, 7) is 4.44. The summed E-state index contributed by atoms with van der Waals surface area (Å²) in [4.78, 5) is 16.5. The van der Waals surface area contributed by atoms with Crippen LogP contribution < -0.4 is 5.73 Å². The smallest absolute Gasteiger partial charge is 0.254 e. The minimum Gasteiger partial charge on any atom is -0.396 e. The van der Waals surface area contributed by atoms with Gasteiger partial charge in [-0.25, -0.2) is 4.39 Å². The van der Waals surface area contributed by atoms with E-state index in [9.17, 15) is 9.18 Å². The topological polar surface area (TPSA) is 49.6 Å². The minimum absolute atomic E-state index is 0.0794. The lowest BCUT2D eigenvalue weighted by Gasteiger charge is -2.34. The highest BCUT2D eigenvalue weighted by molar-refractivity contribution is 5.94. The number of hydrogen-bond acceptors (Lipinski definition) is 3. The Balaban J connectivity index is 1.58. The molecule has 5 heteroatoms. The molecule has 0 bridgehead atoms. The van der Waals surface area contributed by atoms with E-state index in [4.69, 9.17) is 5.73 Å². The van der Waals surface area contributed by atoms with Crippen molar-refractivity contribution in [2.45, 2.75) is 12.8 Å². The van der Waals surface area contributed by atoms with Crippen molar-refractivity contribution in [2.24, 2.45) is 5.92 Å². The van der Waals surface area contributed by atoms with Gasteiger partial charge in [-0.3, -0.25) is 9.69 Å². The fourth-order valence-electron chi connectivity index (χ4n) is 2.64. The van der Waals surface area contributed by atoms with E-state index in [2.05, 4.69) is 4.90 Å². The molecule has 1 aromatic carbocycles. The van der Waals surface area contributed by atoms with E-state index >= 15 is 0 Å². The van der Waals surface area contributed by atoms with E-state index in [1.54, 1.807) is 11.0 Å². The lowest BCUT2D eigenvalue weighted by Crippen LogP contribution is -2.49. The molecule has 1 aliphatic heterocycles. The second-order valence-electron chi connectivity index (χ2n) is 5.77. The van der Waals surface area contributed by atoms with Crippen LogP contribution in [0.5, 0.6) is 0 Å². The fraction of sp³-hybridized carbons (Fsp3) is 0.533. The number of nitrogens with two attached hydrogens (primary N) is 1. The molecular formula is C15H20FN3O. The Morgan fingerprint density at radius 2 is 1.95 bits per heavy atom. The molecule has 108 valence electrons. The summed E-state index contributed by atoms with van der Waals surface area (Å²) in [6.07, 6.45) is 2.70. The van der Waals surface area contributed by atoms with Crippen LogP contribution in [0.3, 0.4) is 0 Å². The molecule has 1 amide bonds. The van der Waals surface area contributed by atoms with E-state index in [1.807, 2.05) is 0 Å². The first-order valence-corrected chi connectivity index (χ1v) is 7.20. The number of nitrogens with zero attached hydrogens (tertiary/aromatic N) is 2. The maximum atomic E-state index is 13.4. The number of rotatable bonds is 3. The molecule has 2 fully saturated rings. The number of anilines is 1. The monoisotopic (exact) mass is 277 g/mol.